The van der Waals surface area contributed by atoms with Crippen molar-refractivity contribution in [2.75, 3.05) is 6.54 Å². The summed E-state index contributed by atoms with van der Waals surface area (Å²) in [6, 6.07) is 8.96. The van der Waals surface area contributed by atoms with Gasteiger partial charge in [0.2, 0.25) is 0 Å². The highest BCUT2D eigenvalue weighted by molar-refractivity contribution is 5.40. The molecule has 1 aliphatic carbocycles. The minimum absolute atomic E-state index is 0.0189. The monoisotopic (exact) mass is 231 g/mol. The molecule has 2 atom stereocenters. The standard InChI is InChI=1S/C15H21NO/c1-14(2,17)15-8-5-9-16-13(15)12-7-4-3-6-11(12)10-15/h3-4,6-7,13,16-17H,5,8-10H2,1-2H3/t13-,15-/m0/s1. The maximum atomic E-state index is 10.6. The van der Waals surface area contributed by atoms with Gasteiger partial charge in [0.1, 0.15) is 0 Å². The summed E-state index contributed by atoms with van der Waals surface area (Å²) in [6.07, 6.45) is 3.28. The van der Waals surface area contributed by atoms with Crippen LogP contribution in [0.15, 0.2) is 24.3 Å². The number of aliphatic hydroxyl groups is 1. The van der Waals surface area contributed by atoms with Crippen LogP contribution in [0, 0.1) is 5.41 Å². The maximum Gasteiger partial charge on any atom is 0.0669 e. The molecule has 3 rings (SSSR count). The van der Waals surface area contributed by atoms with Gasteiger partial charge in [0.25, 0.3) is 0 Å². The predicted octanol–water partition coefficient (Wildman–Crippen LogP) is 2.42. The highest BCUT2D eigenvalue weighted by atomic mass is 16.3. The van der Waals surface area contributed by atoms with Crippen LogP contribution in [-0.2, 0) is 6.42 Å². The van der Waals surface area contributed by atoms with Crippen LogP contribution in [0.1, 0.15) is 43.9 Å². The van der Waals surface area contributed by atoms with Crippen molar-refractivity contribution in [1.29, 1.82) is 0 Å². The fraction of sp³-hybridized carbons (Fsp3) is 0.600. The first-order valence-electron chi connectivity index (χ1n) is 6.58. The lowest BCUT2D eigenvalue weighted by Gasteiger charge is -2.48. The van der Waals surface area contributed by atoms with Crippen molar-refractivity contribution in [1.82, 2.24) is 5.32 Å². The molecule has 0 aromatic heterocycles. The molecule has 1 saturated heterocycles. The van der Waals surface area contributed by atoms with Gasteiger partial charge in [-0.05, 0) is 50.8 Å². The van der Waals surface area contributed by atoms with E-state index in [0.29, 0.717) is 6.04 Å². The Balaban J connectivity index is 2.11. The highest BCUT2D eigenvalue weighted by Gasteiger charge is 2.55. The zero-order valence-corrected chi connectivity index (χ0v) is 10.7. The summed E-state index contributed by atoms with van der Waals surface area (Å²) in [6.45, 7) is 5.01. The molecule has 2 heteroatoms. The molecule has 2 aliphatic rings. The van der Waals surface area contributed by atoms with Crippen LogP contribution in [0.5, 0.6) is 0 Å². The Hall–Kier alpha value is -0.860. The Labute approximate surface area is 103 Å². The molecule has 2 nitrogen and oxygen atoms in total. The number of hydrogen-bond acceptors (Lipinski definition) is 2. The van der Waals surface area contributed by atoms with Gasteiger partial charge in [-0.25, -0.2) is 0 Å². The van der Waals surface area contributed by atoms with Crippen molar-refractivity contribution < 1.29 is 5.11 Å². The van der Waals surface area contributed by atoms with Crippen LogP contribution in [0.25, 0.3) is 0 Å². The second-order valence-corrected chi connectivity index (χ2v) is 6.08. The smallest absolute Gasteiger partial charge is 0.0669 e. The molecule has 1 fully saturated rings. The van der Waals surface area contributed by atoms with E-state index < -0.39 is 5.60 Å². The first-order valence-corrected chi connectivity index (χ1v) is 6.58. The third-order valence-corrected chi connectivity index (χ3v) is 4.79. The summed E-state index contributed by atoms with van der Waals surface area (Å²) in [7, 11) is 0. The molecule has 0 unspecified atom stereocenters. The van der Waals surface area contributed by atoms with Gasteiger partial charge in [0.15, 0.2) is 0 Å². The third-order valence-electron chi connectivity index (χ3n) is 4.79. The van der Waals surface area contributed by atoms with Crippen LogP contribution < -0.4 is 5.32 Å². The number of rotatable bonds is 1. The molecule has 0 amide bonds. The molecule has 1 aromatic carbocycles. The lowest BCUT2D eigenvalue weighted by Crippen LogP contribution is -2.53. The zero-order chi connectivity index (χ0) is 12.1. The first kappa shape index (κ1) is 11.2. The second-order valence-electron chi connectivity index (χ2n) is 6.08. The van der Waals surface area contributed by atoms with Gasteiger partial charge in [-0.2, -0.15) is 0 Å². The molecule has 1 aliphatic heterocycles. The van der Waals surface area contributed by atoms with E-state index >= 15 is 0 Å². The summed E-state index contributed by atoms with van der Waals surface area (Å²) < 4.78 is 0. The van der Waals surface area contributed by atoms with Crippen LogP contribution in [-0.4, -0.2) is 17.3 Å². The van der Waals surface area contributed by atoms with Crippen LogP contribution in [0.2, 0.25) is 0 Å². The van der Waals surface area contributed by atoms with Crippen molar-refractivity contribution in [3.05, 3.63) is 35.4 Å². The van der Waals surface area contributed by atoms with Crippen molar-refractivity contribution in [2.24, 2.45) is 5.41 Å². The van der Waals surface area contributed by atoms with E-state index in [-0.39, 0.29) is 5.41 Å². The van der Waals surface area contributed by atoms with E-state index in [1.807, 2.05) is 13.8 Å². The average molecular weight is 231 g/mol. The van der Waals surface area contributed by atoms with Gasteiger partial charge in [-0.1, -0.05) is 24.3 Å². The van der Waals surface area contributed by atoms with Gasteiger partial charge in [-0.3, -0.25) is 0 Å². The Morgan fingerprint density at radius 2 is 2.12 bits per heavy atom. The Bertz CT molecular complexity index is 435. The minimum Gasteiger partial charge on any atom is -0.390 e. The van der Waals surface area contributed by atoms with Crippen molar-refractivity contribution in [3.63, 3.8) is 0 Å². The zero-order valence-electron chi connectivity index (χ0n) is 10.7. The van der Waals surface area contributed by atoms with Crippen molar-refractivity contribution >= 4 is 0 Å². The molecular formula is C15H21NO. The van der Waals surface area contributed by atoms with Crippen LogP contribution >= 0.6 is 0 Å². The second kappa shape index (κ2) is 3.56. The molecular weight excluding hydrogens is 210 g/mol. The van der Waals surface area contributed by atoms with E-state index in [2.05, 4.69) is 29.6 Å². The molecule has 92 valence electrons. The maximum absolute atomic E-state index is 10.6. The van der Waals surface area contributed by atoms with E-state index in [0.717, 1.165) is 25.8 Å². The first-order chi connectivity index (χ1) is 8.05. The average Bonchev–Trinajstić information content (AvgIpc) is 2.64. The molecule has 0 saturated carbocycles. The van der Waals surface area contributed by atoms with E-state index in [9.17, 15) is 5.11 Å². The molecule has 17 heavy (non-hydrogen) atoms. The summed E-state index contributed by atoms with van der Waals surface area (Å²) in [5.41, 5.74) is 2.15. The fourth-order valence-electron chi connectivity index (χ4n) is 3.78. The van der Waals surface area contributed by atoms with Gasteiger partial charge in [0, 0.05) is 11.5 Å². The Morgan fingerprint density at radius 1 is 1.35 bits per heavy atom. The van der Waals surface area contributed by atoms with Crippen molar-refractivity contribution in [2.45, 2.75) is 44.8 Å². The Morgan fingerprint density at radius 3 is 2.88 bits per heavy atom. The van der Waals surface area contributed by atoms with Gasteiger partial charge in [-0.15, -0.1) is 0 Å². The number of benzene rings is 1. The molecule has 0 spiro atoms. The van der Waals surface area contributed by atoms with Crippen LogP contribution in [0.4, 0.5) is 0 Å². The number of fused-ring (bicyclic) bond motifs is 3. The molecule has 1 heterocycles. The number of hydrogen-bond donors (Lipinski definition) is 2. The summed E-state index contributed by atoms with van der Waals surface area (Å²) in [5.74, 6) is 0. The van der Waals surface area contributed by atoms with Crippen LogP contribution in [0.3, 0.4) is 0 Å². The lowest BCUT2D eigenvalue weighted by molar-refractivity contribution is -0.0869. The topological polar surface area (TPSA) is 32.3 Å². The summed E-state index contributed by atoms with van der Waals surface area (Å²) in [5, 5.41) is 14.3. The van der Waals surface area contributed by atoms with Gasteiger partial charge >= 0.3 is 0 Å². The van der Waals surface area contributed by atoms with Crippen molar-refractivity contribution in [3.8, 4) is 0 Å². The molecule has 1 aromatic rings. The number of nitrogens with one attached hydrogen (secondary N) is 1. The van der Waals surface area contributed by atoms with E-state index in [4.69, 9.17) is 0 Å². The summed E-state index contributed by atoms with van der Waals surface area (Å²) >= 11 is 0. The molecule has 2 N–H and O–H groups in total. The normalized spacial score (nSPS) is 32.1. The lowest BCUT2D eigenvalue weighted by atomic mass is 9.64. The van der Waals surface area contributed by atoms with E-state index in [1.54, 1.807) is 0 Å². The largest absolute Gasteiger partial charge is 0.390 e. The number of piperidine rings is 1. The molecule has 0 radical (unpaired) electrons. The minimum atomic E-state index is -0.635. The van der Waals surface area contributed by atoms with E-state index in [1.165, 1.54) is 11.1 Å². The fourth-order valence-corrected chi connectivity index (χ4v) is 3.78. The highest BCUT2D eigenvalue weighted by Crippen LogP contribution is 2.56. The Kier molecular flexibility index (Phi) is 2.36. The van der Waals surface area contributed by atoms with Gasteiger partial charge < -0.3 is 10.4 Å². The molecule has 0 bridgehead atoms. The quantitative estimate of drug-likeness (QED) is 0.778. The predicted molar refractivity (Wildman–Crippen MR) is 68.9 cm³/mol. The van der Waals surface area contributed by atoms with Gasteiger partial charge in [0.05, 0.1) is 5.60 Å². The summed E-state index contributed by atoms with van der Waals surface area (Å²) in [4.78, 5) is 0. The SMILES string of the molecule is CC(C)(O)[C@]12CCCN[C@H]1c1ccccc1C2. The third kappa shape index (κ3) is 1.47.